The Balaban J connectivity index is 1.54. The fourth-order valence-corrected chi connectivity index (χ4v) is 3.15. The third-order valence-electron chi connectivity index (χ3n) is 4.65. The standard InChI is InChI=1S/C17H17F3N6O3/c18-17(19,20)29-13-3-1-12(2-4-13)26-15-14(22-23-26)16(27)25(11-21-15)6-5-24-7-9-28-10-8-24/h1-4,11H,5-10H2/p+1. The molecule has 0 aliphatic carbocycles. The van der Waals surface area contributed by atoms with Crippen molar-refractivity contribution in [3.8, 4) is 11.4 Å². The van der Waals surface area contributed by atoms with Gasteiger partial charge in [0.15, 0.2) is 11.2 Å². The molecule has 1 N–H and O–H groups in total. The summed E-state index contributed by atoms with van der Waals surface area (Å²) < 4.78 is 48.8. The van der Waals surface area contributed by atoms with E-state index in [4.69, 9.17) is 4.74 Å². The van der Waals surface area contributed by atoms with Crippen LogP contribution in [0.25, 0.3) is 16.9 Å². The topological polar surface area (TPSA) is 88.5 Å². The van der Waals surface area contributed by atoms with Crippen LogP contribution in [-0.4, -0.2) is 63.8 Å². The van der Waals surface area contributed by atoms with Gasteiger partial charge in [0.25, 0.3) is 5.56 Å². The number of aromatic nitrogens is 5. The number of hydrogen-bond acceptors (Lipinski definition) is 6. The molecule has 1 saturated heterocycles. The molecule has 3 heterocycles. The lowest BCUT2D eigenvalue weighted by Crippen LogP contribution is -3.14. The van der Waals surface area contributed by atoms with Crippen LogP contribution in [0.3, 0.4) is 0 Å². The van der Waals surface area contributed by atoms with E-state index in [1.165, 1.54) is 32.6 Å². The molecule has 12 heteroatoms. The Kier molecular flexibility index (Phi) is 5.20. The van der Waals surface area contributed by atoms with Gasteiger partial charge in [-0.15, -0.1) is 18.3 Å². The first-order chi connectivity index (χ1) is 13.9. The molecule has 0 unspecified atom stereocenters. The van der Waals surface area contributed by atoms with Crippen molar-refractivity contribution in [2.24, 2.45) is 0 Å². The van der Waals surface area contributed by atoms with Crippen molar-refractivity contribution < 1.29 is 27.5 Å². The number of alkyl halides is 3. The number of ether oxygens (including phenoxy) is 2. The molecule has 0 saturated carbocycles. The van der Waals surface area contributed by atoms with Gasteiger partial charge in [0.2, 0.25) is 0 Å². The molecule has 1 fully saturated rings. The lowest BCUT2D eigenvalue weighted by atomic mass is 10.3. The van der Waals surface area contributed by atoms with E-state index in [0.29, 0.717) is 25.4 Å². The first-order valence-corrected chi connectivity index (χ1v) is 8.99. The second kappa shape index (κ2) is 7.79. The molecule has 0 radical (unpaired) electrons. The summed E-state index contributed by atoms with van der Waals surface area (Å²) in [5.41, 5.74) is 0.421. The number of halogens is 3. The summed E-state index contributed by atoms with van der Waals surface area (Å²) in [5.74, 6) is -0.355. The molecular weight excluding hydrogens is 393 g/mol. The first-order valence-electron chi connectivity index (χ1n) is 8.99. The minimum atomic E-state index is -4.77. The molecule has 4 rings (SSSR count). The Bertz CT molecular complexity index is 1040. The second-order valence-electron chi connectivity index (χ2n) is 6.57. The number of fused-ring (bicyclic) bond motifs is 1. The van der Waals surface area contributed by atoms with E-state index in [1.807, 2.05) is 0 Å². The third kappa shape index (κ3) is 4.38. The highest BCUT2D eigenvalue weighted by molar-refractivity contribution is 5.70. The van der Waals surface area contributed by atoms with E-state index in [-0.39, 0.29) is 22.5 Å². The fraction of sp³-hybridized carbons (Fsp3) is 0.412. The molecule has 1 aliphatic heterocycles. The SMILES string of the molecule is O=c1c2nnn(-c3ccc(OC(F)(F)F)cc3)c2ncn1CC[NH+]1CCOCC1. The zero-order valence-corrected chi connectivity index (χ0v) is 15.2. The van der Waals surface area contributed by atoms with Crippen LogP contribution in [0.5, 0.6) is 5.75 Å². The molecule has 1 aromatic carbocycles. The predicted molar refractivity (Wildman–Crippen MR) is 94.0 cm³/mol. The van der Waals surface area contributed by atoms with E-state index in [2.05, 4.69) is 20.0 Å². The number of nitrogens with one attached hydrogen (secondary N) is 1. The fourth-order valence-electron chi connectivity index (χ4n) is 3.15. The average molecular weight is 411 g/mol. The molecule has 29 heavy (non-hydrogen) atoms. The normalized spacial score (nSPS) is 15.7. The summed E-state index contributed by atoms with van der Waals surface area (Å²) >= 11 is 0. The van der Waals surface area contributed by atoms with E-state index < -0.39 is 6.36 Å². The van der Waals surface area contributed by atoms with Gasteiger partial charge in [-0.2, -0.15) is 4.68 Å². The van der Waals surface area contributed by atoms with E-state index >= 15 is 0 Å². The van der Waals surface area contributed by atoms with Crippen LogP contribution in [0.15, 0.2) is 35.4 Å². The van der Waals surface area contributed by atoms with Crippen molar-refractivity contribution in [2.45, 2.75) is 12.9 Å². The number of hydrogen-bond donors (Lipinski definition) is 1. The van der Waals surface area contributed by atoms with Gasteiger partial charge in [0.05, 0.1) is 32.0 Å². The van der Waals surface area contributed by atoms with Gasteiger partial charge in [-0.25, -0.2) is 4.98 Å². The van der Waals surface area contributed by atoms with Crippen LogP contribution < -0.4 is 15.2 Å². The van der Waals surface area contributed by atoms with Gasteiger partial charge in [-0.1, -0.05) is 5.21 Å². The van der Waals surface area contributed by atoms with Crippen LogP contribution in [0.4, 0.5) is 13.2 Å². The maximum atomic E-state index is 12.7. The quantitative estimate of drug-likeness (QED) is 0.625. The number of rotatable bonds is 5. The number of morpholine rings is 1. The predicted octanol–water partition coefficient (Wildman–Crippen LogP) is -0.209. The minimum Gasteiger partial charge on any atom is -0.406 e. The molecular formula is C17H18F3N6O3+. The second-order valence-corrected chi connectivity index (χ2v) is 6.57. The summed E-state index contributed by atoms with van der Waals surface area (Å²) in [6, 6.07) is 5.07. The van der Waals surface area contributed by atoms with Crippen LogP contribution in [-0.2, 0) is 11.3 Å². The Morgan fingerprint density at radius 2 is 1.90 bits per heavy atom. The molecule has 9 nitrogen and oxygen atoms in total. The molecule has 2 aromatic heterocycles. The molecule has 0 bridgehead atoms. The molecule has 3 aromatic rings. The minimum absolute atomic E-state index is 0.0973. The molecule has 1 aliphatic rings. The first kappa shape index (κ1) is 19.3. The highest BCUT2D eigenvalue weighted by atomic mass is 19.4. The number of quaternary nitrogens is 1. The maximum Gasteiger partial charge on any atom is 0.573 e. The van der Waals surface area contributed by atoms with Crippen LogP contribution in [0.2, 0.25) is 0 Å². The summed E-state index contributed by atoms with van der Waals surface area (Å²) in [6.07, 6.45) is -3.33. The molecule has 0 spiro atoms. The monoisotopic (exact) mass is 411 g/mol. The van der Waals surface area contributed by atoms with Crippen molar-refractivity contribution in [3.05, 3.63) is 40.9 Å². The summed E-state index contributed by atoms with van der Waals surface area (Å²) in [5, 5.41) is 7.84. The lowest BCUT2D eigenvalue weighted by Gasteiger charge is -2.23. The highest BCUT2D eigenvalue weighted by Gasteiger charge is 2.31. The van der Waals surface area contributed by atoms with Gasteiger partial charge in [-0.3, -0.25) is 9.36 Å². The lowest BCUT2D eigenvalue weighted by molar-refractivity contribution is -0.908. The van der Waals surface area contributed by atoms with E-state index in [1.54, 1.807) is 0 Å². The molecule has 0 atom stereocenters. The van der Waals surface area contributed by atoms with E-state index in [9.17, 15) is 18.0 Å². The van der Waals surface area contributed by atoms with Crippen molar-refractivity contribution in [1.82, 2.24) is 24.5 Å². The Hall–Kier alpha value is -2.99. The van der Waals surface area contributed by atoms with E-state index in [0.717, 1.165) is 31.8 Å². The molecule has 0 amide bonds. The Labute approximate surface area is 162 Å². The van der Waals surface area contributed by atoms with Crippen molar-refractivity contribution in [3.63, 3.8) is 0 Å². The Morgan fingerprint density at radius 1 is 1.17 bits per heavy atom. The van der Waals surface area contributed by atoms with Crippen molar-refractivity contribution >= 4 is 11.2 Å². The van der Waals surface area contributed by atoms with Crippen LogP contribution in [0, 0.1) is 0 Å². The van der Waals surface area contributed by atoms with Gasteiger partial charge in [0.1, 0.15) is 25.2 Å². The van der Waals surface area contributed by atoms with Gasteiger partial charge in [0, 0.05) is 0 Å². The van der Waals surface area contributed by atoms with Crippen molar-refractivity contribution in [2.75, 3.05) is 32.8 Å². The van der Waals surface area contributed by atoms with Crippen LogP contribution >= 0.6 is 0 Å². The van der Waals surface area contributed by atoms with Crippen molar-refractivity contribution in [1.29, 1.82) is 0 Å². The summed E-state index contributed by atoms with van der Waals surface area (Å²) in [6.45, 7) is 4.48. The highest BCUT2D eigenvalue weighted by Crippen LogP contribution is 2.24. The number of nitrogens with zero attached hydrogens (tertiary/aromatic N) is 5. The van der Waals surface area contributed by atoms with Gasteiger partial charge < -0.3 is 14.4 Å². The van der Waals surface area contributed by atoms with Crippen LogP contribution in [0.1, 0.15) is 0 Å². The Morgan fingerprint density at radius 3 is 2.59 bits per heavy atom. The third-order valence-corrected chi connectivity index (χ3v) is 4.65. The average Bonchev–Trinajstić information content (AvgIpc) is 3.13. The summed E-state index contributed by atoms with van der Waals surface area (Å²) in [4.78, 5) is 18.3. The maximum absolute atomic E-state index is 12.7. The number of benzene rings is 1. The largest absolute Gasteiger partial charge is 0.573 e. The van der Waals surface area contributed by atoms with Gasteiger partial charge in [-0.05, 0) is 24.3 Å². The smallest absolute Gasteiger partial charge is 0.406 e. The summed E-state index contributed by atoms with van der Waals surface area (Å²) in [7, 11) is 0. The van der Waals surface area contributed by atoms with Gasteiger partial charge >= 0.3 is 6.36 Å². The zero-order chi connectivity index (χ0) is 20.4. The zero-order valence-electron chi connectivity index (χ0n) is 15.2. The molecule has 154 valence electrons.